The highest BCUT2D eigenvalue weighted by atomic mass is 14.9. The van der Waals surface area contributed by atoms with Crippen LogP contribution in [0.5, 0.6) is 0 Å². The van der Waals surface area contributed by atoms with Crippen LogP contribution in [0.4, 0.5) is 0 Å². The van der Waals surface area contributed by atoms with Gasteiger partial charge in [0.2, 0.25) is 0 Å². The highest BCUT2D eigenvalue weighted by Crippen LogP contribution is 1.97. The van der Waals surface area contributed by atoms with Gasteiger partial charge in [-0.25, -0.2) is 0 Å². The summed E-state index contributed by atoms with van der Waals surface area (Å²) < 4.78 is 0. The predicted octanol–water partition coefficient (Wildman–Crippen LogP) is 1.37. The number of hydrogen-bond acceptors (Lipinski definition) is 2. The molecule has 2 heteroatoms. The third-order valence-electron chi connectivity index (χ3n) is 2.07. The molecule has 0 saturated heterocycles. The molecule has 72 valence electrons. The van der Waals surface area contributed by atoms with E-state index < -0.39 is 0 Å². The van der Waals surface area contributed by atoms with E-state index in [-0.39, 0.29) is 0 Å². The molecule has 0 radical (unpaired) electrons. The van der Waals surface area contributed by atoms with Crippen LogP contribution < -0.4 is 11.1 Å². The van der Waals surface area contributed by atoms with Crippen molar-refractivity contribution >= 4 is 0 Å². The van der Waals surface area contributed by atoms with Gasteiger partial charge in [-0.2, -0.15) is 0 Å². The van der Waals surface area contributed by atoms with Gasteiger partial charge in [0, 0.05) is 6.54 Å². The highest BCUT2D eigenvalue weighted by molar-refractivity contribution is 5.14. The zero-order chi connectivity index (χ0) is 9.52. The van der Waals surface area contributed by atoms with E-state index in [1.165, 1.54) is 5.56 Å². The Labute approximate surface area is 80.1 Å². The van der Waals surface area contributed by atoms with Crippen molar-refractivity contribution in [3.8, 4) is 0 Å². The second kappa shape index (κ2) is 5.73. The van der Waals surface area contributed by atoms with Crippen molar-refractivity contribution in [2.75, 3.05) is 13.1 Å². The van der Waals surface area contributed by atoms with Crippen molar-refractivity contribution in [1.29, 1.82) is 0 Å². The van der Waals surface area contributed by atoms with Crippen LogP contribution in [-0.4, -0.2) is 13.1 Å². The SMILES string of the molecule is CC(CN)CNCc1ccccc1. The summed E-state index contributed by atoms with van der Waals surface area (Å²) >= 11 is 0. The van der Waals surface area contributed by atoms with Crippen molar-refractivity contribution < 1.29 is 0 Å². The Morgan fingerprint density at radius 2 is 2.00 bits per heavy atom. The van der Waals surface area contributed by atoms with Gasteiger partial charge >= 0.3 is 0 Å². The van der Waals surface area contributed by atoms with E-state index in [1.54, 1.807) is 0 Å². The molecule has 1 aromatic carbocycles. The molecule has 0 bridgehead atoms. The Morgan fingerprint density at radius 3 is 2.62 bits per heavy atom. The maximum Gasteiger partial charge on any atom is 0.0205 e. The summed E-state index contributed by atoms with van der Waals surface area (Å²) in [5.74, 6) is 0.559. The molecule has 1 rings (SSSR count). The monoisotopic (exact) mass is 178 g/mol. The molecule has 3 N–H and O–H groups in total. The molecule has 1 atom stereocenters. The average Bonchev–Trinajstić information content (AvgIpc) is 2.19. The first-order valence-electron chi connectivity index (χ1n) is 4.77. The van der Waals surface area contributed by atoms with Crippen LogP contribution in [0.3, 0.4) is 0 Å². The minimum Gasteiger partial charge on any atom is -0.330 e. The molecule has 1 aromatic rings. The zero-order valence-corrected chi connectivity index (χ0v) is 8.16. The molecule has 0 aliphatic heterocycles. The van der Waals surface area contributed by atoms with Gasteiger partial charge in [-0.15, -0.1) is 0 Å². The van der Waals surface area contributed by atoms with Crippen LogP contribution in [-0.2, 0) is 6.54 Å². The van der Waals surface area contributed by atoms with Crippen LogP contribution in [0, 0.1) is 5.92 Å². The molecule has 0 amide bonds. The maximum absolute atomic E-state index is 5.51. The van der Waals surface area contributed by atoms with Gasteiger partial charge in [0.1, 0.15) is 0 Å². The minimum absolute atomic E-state index is 0.559. The maximum atomic E-state index is 5.51. The summed E-state index contributed by atoms with van der Waals surface area (Å²) in [6.07, 6.45) is 0. The fraction of sp³-hybridized carbons (Fsp3) is 0.455. The van der Waals surface area contributed by atoms with E-state index in [9.17, 15) is 0 Å². The topological polar surface area (TPSA) is 38.0 Å². The third kappa shape index (κ3) is 4.06. The largest absolute Gasteiger partial charge is 0.330 e. The molecular formula is C11H18N2. The molecule has 0 fully saturated rings. The molecule has 0 saturated carbocycles. The summed E-state index contributed by atoms with van der Waals surface area (Å²) in [6, 6.07) is 10.4. The first kappa shape index (κ1) is 10.2. The summed E-state index contributed by atoms with van der Waals surface area (Å²) in [5, 5.41) is 3.37. The Morgan fingerprint density at radius 1 is 1.31 bits per heavy atom. The molecule has 0 aromatic heterocycles. The molecular weight excluding hydrogens is 160 g/mol. The summed E-state index contributed by atoms with van der Waals surface area (Å²) in [4.78, 5) is 0. The van der Waals surface area contributed by atoms with Crippen molar-refractivity contribution in [3.05, 3.63) is 35.9 Å². The number of nitrogens with two attached hydrogens (primary N) is 1. The first-order chi connectivity index (χ1) is 6.33. The van der Waals surface area contributed by atoms with Crippen LogP contribution in [0.15, 0.2) is 30.3 Å². The van der Waals surface area contributed by atoms with Crippen LogP contribution in [0.1, 0.15) is 12.5 Å². The number of nitrogens with one attached hydrogen (secondary N) is 1. The smallest absolute Gasteiger partial charge is 0.0205 e. The van der Waals surface area contributed by atoms with E-state index in [4.69, 9.17) is 5.73 Å². The van der Waals surface area contributed by atoms with Crippen LogP contribution in [0.25, 0.3) is 0 Å². The summed E-state index contributed by atoms with van der Waals surface area (Å²) in [6.45, 7) is 4.83. The lowest BCUT2D eigenvalue weighted by molar-refractivity contribution is 0.522. The van der Waals surface area contributed by atoms with E-state index in [2.05, 4.69) is 36.5 Å². The molecule has 0 spiro atoms. The van der Waals surface area contributed by atoms with E-state index in [0.717, 1.165) is 19.6 Å². The summed E-state index contributed by atoms with van der Waals surface area (Å²) in [5.41, 5.74) is 6.84. The van der Waals surface area contributed by atoms with Crippen molar-refractivity contribution in [3.63, 3.8) is 0 Å². The van der Waals surface area contributed by atoms with Gasteiger partial charge in [0.15, 0.2) is 0 Å². The number of rotatable bonds is 5. The fourth-order valence-corrected chi connectivity index (χ4v) is 1.14. The van der Waals surface area contributed by atoms with Gasteiger partial charge < -0.3 is 11.1 Å². The van der Waals surface area contributed by atoms with Gasteiger partial charge in [-0.1, -0.05) is 37.3 Å². The van der Waals surface area contributed by atoms with E-state index in [1.807, 2.05) is 6.07 Å². The van der Waals surface area contributed by atoms with E-state index in [0.29, 0.717) is 5.92 Å². The fourth-order valence-electron chi connectivity index (χ4n) is 1.14. The van der Waals surface area contributed by atoms with Gasteiger partial charge in [-0.3, -0.25) is 0 Å². The Balaban J connectivity index is 2.20. The second-order valence-corrected chi connectivity index (χ2v) is 3.46. The number of hydrogen-bond donors (Lipinski definition) is 2. The molecule has 0 aliphatic rings. The van der Waals surface area contributed by atoms with E-state index >= 15 is 0 Å². The second-order valence-electron chi connectivity index (χ2n) is 3.46. The molecule has 13 heavy (non-hydrogen) atoms. The average molecular weight is 178 g/mol. The van der Waals surface area contributed by atoms with Gasteiger partial charge in [0.05, 0.1) is 0 Å². The number of benzene rings is 1. The quantitative estimate of drug-likeness (QED) is 0.714. The third-order valence-corrected chi connectivity index (χ3v) is 2.07. The molecule has 2 nitrogen and oxygen atoms in total. The zero-order valence-electron chi connectivity index (χ0n) is 8.16. The Bertz CT molecular complexity index is 221. The Kier molecular flexibility index (Phi) is 4.50. The van der Waals surface area contributed by atoms with Crippen LogP contribution in [0.2, 0.25) is 0 Å². The van der Waals surface area contributed by atoms with Crippen molar-refractivity contribution in [1.82, 2.24) is 5.32 Å². The van der Waals surface area contributed by atoms with Crippen molar-refractivity contribution in [2.24, 2.45) is 11.7 Å². The molecule has 1 unspecified atom stereocenters. The van der Waals surface area contributed by atoms with Crippen molar-refractivity contribution in [2.45, 2.75) is 13.5 Å². The highest BCUT2D eigenvalue weighted by Gasteiger charge is 1.97. The molecule has 0 heterocycles. The van der Waals surface area contributed by atoms with Gasteiger partial charge in [0.25, 0.3) is 0 Å². The lowest BCUT2D eigenvalue weighted by Crippen LogP contribution is -2.25. The lowest BCUT2D eigenvalue weighted by atomic mass is 10.2. The first-order valence-corrected chi connectivity index (χ1v) is 4.77. The normalized spacial score (nSPS) is 12.8. The predicted molar refractivity (Wildman–Crippen MR) is 56.4 cm³/mol. The lowest BCUT2D eigenvalue weighted by Gasteiger charge is -2.09. The molecule has 0 aliphatic carbocycles. The van der Waals surface area contributed by atoms with Crippen LogP contribution >= 0.6 is 0 Å². The Hall–Kier alpha value is -0.860. The standard InChI is InChI=1S/C11H18N2/c1-10(7-12)8-13-9-11-5-3-2-4-6-11/h2-6,10,13H,7-9,12H2,1H3. The minimum atomic E-state index is 0.559. The summed E-state index contributed by atoms with van der Waals surface area (Å²) in [7, 11) is 0. The van der Waals surface area contributed by atoms with Gasteiger partial charge in [-0.05, 0) is 24.6 Å².